The molecule has 0 aliphatic carbocycles. The van der Waals surface area contributed by atoms with Gasteiger partial charge in [-0.15, -0.1) is 0 Å². The minimum absolute atomic E-state index is 0.214. The fraction of sp³-hybridized carbons (Fsp3) is 0.846. The summed E-state index contributed by atoms with van der Waals surface area (Å²) in [6.45, 7) is 5.77. The Morgan fingerprint density at radius 2 is 1.15 bits per heavy atom. The van der Waals surface area contributed by atoms with Gasteiger partial charge < -0.3 is 20.8 Å². The number of hydrogen-bond acceptors (Lipinski definition) is 4. The number of carbonyl (C=O) groups is 4. The molecule has 4 N–H and O–H groups in total. The Morgan fingerprint density at radius 3 is 1.56 bits per heavy atom. The number of nitrogens with one attached hydrogen (secondary N) is 2. The number of aliphatic carboxylic acids is 2. The fourth-order valence-electron chi connectivity index (χ4n) is 3.87. The summed E-state index contributed by atoms with van der Waals surface area (Å²) < 4.78 is 0. The smallest absolute Gasteiger partial charge is 0.326 e. The van der Waals surface area contributed by atoms with Gasteiger partial charge >= 0.3 is 11.9 Å². The topological polar surface area (TPSA) is 133 Å². The van der Waals surface area contributed by atoms with Crippen molar-refractivity contribution in [3.63, 3.8) is 0 Å². The van der Waals surface area contributed by atoms with Gasteiger partial charge in [0, 0.05) is 12.8 Å². The summed E-state index contributed by atoms with van der Waals surface area (Å²) in [4.78, 5) is 46.9. The average molecular weight is 485 g/mol. The van der Waals surface area contributed by atoms with Gasteiger partial charge in [0.25, 0.3) is 0 Å². The van der Waals surface area contributed by atoms with Crippen molar-refractivity contribution in [2.75, 3.05) is 0 Å². The van der Waals surface area contributed by atoms with E-state index in [0.717, 1.165) is 19.3 Å². The molecule has 0 saturated carbocycles. The van der Waals surface area contributed by atoms with Gasteiger partial charge in [-0.2, -0.15) is 0 Å². The number of unbranched alkanes of at least 4 members (excludes halogenated alkanes) is 12. The quantitative estimate of drug-likeness (QED) is 0.159. The molecule has 2 atom stereocenters. The number of rotatable bonds is 22. The molecule has 198 valence electrons. The molecule has 0 unspecified atom stereocenters. The van der Waals surface area contributed by atoms with E-state index in [1.807, 2.05) is 0 Å². The second kappa shape index (κ2) is 20.3. The molecule has 0 saturated heterocycles. The molecule has 0 aromatic carbocycles. The summed E-state index contributed by atoms with van der Waals surface area (Å²) in [6.07, 6.45) is 15.6. The fourth-order valence-corrected chi connectivity index (χ4v) is 3.87. The molecule has 0 rings (SSSR count). The van der Waals surface area contributed by atoms with Gasteiger partial charge in [0.15, 0.2) is 0 Å². The van der Waals surface area contributed by atoms with Gasteiger partial charge in [-0.3, -0.25) is 14.4 Å². The first-order valence-corrected chi connectivity index (χ1v) is 13.2. The third-order valence-corrected chi connectivity index (χ3v) is 6.03. The molecule has 34 heavy (non-hydrogen) atoms. The van der Waals surface area contributed by atoms with Crippen molar-refractivity contribution in [1.29, 1.82) is 0 Å². The van der Waals surface area contributed by atoms with E-state index in [9.17, 15) is 24.3 Å². The van der Waals surface area contributed by atoms with Gasteiger partial charge in [-0.05, 0) is 18.8 Å². The zero-order chi connectivity index (χ0) is 25.8. The van der Waals surface area contributed by atoms with E-state index < -0.39 is 29.9 Å². The summed E-state index contributed by atoms with van der Waals surface area (Å²) in [6, 6.07) is -2.16. The lowest BCUT2D eigenvalue weighted by molar-refractivity contribution is -0.143. The van der Waals surface area contributed by atoms with Gasteiger partial charge in [-0.25, -0.2) is 4.79 Å². The second-order valence-electron chi connectivity index (χ2n) is 9.61. The standard InChI is InChI=1S/C26H48N2O6/c1-4-5-6-7-8-9-10-11-12-13-14-15-16-17-22(29)28-24(20(2)3)25(32)27-21(26(33)34)18-19-23(30)31/h20-21,24H,4-19H2,1-3H3,(H,27,32)(H,28,29)(H,30,31)(H,33,34)/t21-,24-/m0/s1. The molecule has 2 amide bonds. The normalized spacial score (nSPS) is 12.8. The lowest BCUT2D eigenvalue weighted by atomic mass is 10.0. The van der Waals surface area contributed by atoms with Gasteiger partial charge in [0.05, 0.1) is 0 Å². The first-order valence-electron chi connectivity index (χ1n) is 13.2. The molecule has 0 spiro atoms. The van der Waals surface area contributed by atoms with Gasteiger partial charge in [0.2, 0.25) is 11.8 Å². The van der Waals surface area contributed by atoms with Crippen molar-refractivity contribution in [3.05, 3.63) is 0 Å². The van der Waals surface area contributed by atoms with Crippen LogP contribution < -0.4 is 10.6 Å². The molecule has 0 aliphatic heterocycles. The Labute approximate surface area is 205 Å². The first-order chi connectivity index (χ1) is 16.2. The lowest BCUT2D eigenvalue weighted by Crippen LogP contribution is -2.53. The van der Waals surface area contributed by atoms with Crippen LogP contribution in [0.25, 0.3) is 0 Å². The van der Waals surface area contributed by atoms with E-state index in [4.69, 9.17) is 5.11 Å². The zero-order valence-corrected chi connectivity index (χ0v) is 21.6. The highest BCUT2D eigenvalue weighted by Crippen LogP contribution is 2.13. The van der Waals surface area contributed by atoms with Crippen LogP contribution in [0.5, 0.6) is 0 Å². The Hall–Kier alpha value is -2.12. The van der Waals surface area contributed by atoms with Crippen LogP contribution in [0.4, 0.5) is 0 Å². The maximum atomic E-state index is 12.5. The van der Waals surface area contributed by atoms with Crippen molar-refractivity contribution >= 4 is 23.8 Å². The van der Waals surface area contributed by atoms with Crippen molar-refractivity contribution in [3.8, 4) is 0 Å². The van der Waals surface area contributed by atoms with Gasteiger partial charge in [-0.1, -0.05) is 97.8 Å². The van der Waals surface area contributed by atoms with Crippen molar-refractivity contribution in [2.24, 2.45) is 5.92 Å². The maximum Gasteiger partial charge on any atom is 0.326 e. The molecule has 0 heterocycles. The summed E-state index contributed by atoms with van der Waals surface area (Å²) in [5, 5.41) is 23.0. The number of carboxylic acid groups (broad SMARTS) is 2. The summed E-state index contributed by atoms with van der Waals surface area (Å²) >= 11 is 0. The SMILES string of the molecule is CCCCCCCCCCCCCCCC(=O)N[C@H](C(=O)N[C@@H](CCC(=O)O)C(=O)O)C(C)C. The second-order valence-corrected chi connectivity index (χ2v) is 9.61. The Morgan fingerprint density at radius 1 is 0.676 bits per heavy atom. The van der Waals surface area contributed by atoms with E-state index in [1.165, 1.54) is 64.2 Å². The van der Waals surface area contributed by atoms with E-state index in [0.29, 0.717) is 6.42 Å². The van der Waals surface area contributed by atoms with Crippen LogP contribution in [0.15, 0.2) is 0 Å². The minimum atomic E-state index is -1.30. The van der Waals surface area contributed by atoms with Crippen LogP contribution in [0.3, 0.4) is 0 Å². The van der Waals surface area contributed by atoms with Crippen molar-refractivity contribution in [1.82, 2.24) is 10.6 Å². The van der Waals surface area contributed by atoms with E-state index in [2.05, 4.69) is 17.6 Å². The molecule has 0 aromatic heterocycles. The third kappa shape index (κ3) is 17.4. The maximum absolute atomic E-state index is 12.5. The minimum Gasteiger partial charge on any atom is -0.481 e. The molecular weight excluding hydrogens is 436 g/mol. The molecule has 0 aromatic rings. The molecule has 0 aliphatic rings. The highest BCUT2D eigenvalue weighted by atomic mass is 16.4. The highest BCUT2D eigenvalue weighted by Gasteiger charge is 2.28. The third-order valence-electron chi connectivity index (χ3n) is 6.03. The van der Waals surface area contributed by atoms with Crippen LogP contribution in [-0.2, 0) is 19.2 Å². The molecule has 0 radical (unpaired) electrons. The summed E-state index contributed by atoms with van der Waals surface area (Å²) in [7, 11) is 0. The lowest BCUT2D eigenvalue weighted by Gasteiger charge is -2.24. The molecule has 8 nitrogen and oxygen atoms in total. The first kappa shape index (κ1) is 31.9. The highest BCUT2D eigenvalue weighted by molar-refractivity contribution is 5.90. The number of amides is 2. The largest absolute Gasteiger partial charge is 0.481 e. The molecule has 8 heteroatoms. The monoisotopic (exact) mass is 484 g/mol. The predicted molar refractivity (Wildman–Crippen MR) is 134 cm³/mol. The molecular formula is C26H48N2O6. The Kier molecular flexibility index (Phi) is 19.0. The summed E-state index contributed by atoms with van der Waals surface area (Å²) in [5.41, 5.74) is 0. The average Bonchev–Trinajstić information content (AvgIpc) is 2.77. The van der Waals surface area contributed by atoms with Crippen molar-refractivity contribution in [2.45, 2.75) is 136 Å². The zero-order valence-electron chi connectivity index (χ0n) is 21.6. The molecule has 0 bridgehead atoms. The van der Waals surface area contributed by atoms with E-state index in [-0.39, 0.29) is 24.7 Å². The number of carbonyl (C=O) groups excluding carboxylic acids is 2. The number of carboxylic acids is 2. The Bertz CT molecular complexity index is 594. The van der Waals surface area contributed by atoms with Crippen LogP contribution in [-0.4, -0.2) is 46.0 Å². The van der Waals surface area contributed by atoms with Crippen LogP contribution >= 0.6 is 0 Å². The predicted octanol–water partition coefficient (Wildman–Crippen LogP) is 5.04. The van der Waals surface area contributed by atoms with E-state index in [1.54, 1.807) is 13.8 Å². The van der Waals surface area contributed by atoms with Crippen molar-refractivity contribution < 1.29 is 29.4 Å². The molecule has 0 fully saturated rings. The van der Waals surface area contributed by atoms with Crippen LogP contribution in [0.2, 0.25) is 0 Å². The van der Waals surface area contributed by atoms with Gasteiger partial charge in [0.1, 0.15) is 12.1 Å². The summed E-state index contributed by atoms with van der Waals surface area (Å²) in [5.74, 6) is -3.49. The Balaban J connectivity index is 4.08. The van der Waals surface area contributed by atoms with Crippen LogP contribution in [0, 0.1) is 5.92 Å². The van der Waals surface area contributed by atoms with Crippen LogP contribution in [0.1, 0.15) is 124 Å². The number of hydrogen-bond donors (Lipinski definition) is 4. The van der Waals surface area contributed by atoms with E-state index >= 15 is 0 Å².